The van der Waals surface area contributed by atoms with Crippen molar-refractivity contribution in [2.75, 3.05) is 32.4 Å². The monoisotopic (exact) mass is 372 g/mol. The summed E-state index contributed by atoms with van der Waals surface area (Å²) in [5, 5.41) is 0. The highest BCUT2D eigenvalue weighted by Gasteiger charge is 2.23. The van der Waals surface area contributed by atoms with Gasteiger partial charge in [0.1, 0.15) is 5.82 Å². The standard InChI is InChI=1S/C20H21FN2O2S/c1-26-18-8-6-15(7-9-18)19(24)22-10-3-11-23(13-12-22)20(25)16-4-2-5-17(21)14-16/h2,4-9,14H,3,10-13H2,1H3. The molecule has 2 aromatic carbocycles. The molecule has 26 heavy (non-hydrogen) atoms. The second kappa shape index (κ2) is 8.36. The molecule has 0 radical (unpaired) electrons. The summed E-state index contributed by atoms with van der Waals surface area (Å²) >= 11 is 1.63. The summed E-state index contributed by atoms with van der Waals surface area (Å²) in [5.74, 6) is -0.628. The van der Waals surface area contributed by atoms with Crippen LogP contribution in [0.25, 0.3) is 0 Å². The minimum atomic E-state index is -0.420. The zero-order valence-electron chi connectivity index (χ0n) is 14.7. The predicted molar refractivity (Wildman–Crippen MR) is 101 cm³/mol. The van der Waals surface area contributed by atoms with Crippen LogP contribution in [-0.4, -0.2) is 54.0 Å². The van der Waals surface area contributed by atoms with Gasteiger partial charge in [-0.1, -0.05) is 6.07 Å². The summed E-state index contributed by atoms with van der Waals surface area (Å²) in [4.78, 5) is 29.9. The second-order valence-electron chi connectivity index (χ2n) is 6.18. The molecule has 0 N–H and O–H groups in total. The van der Waals surface area contributed by atoms with Gasteiger partial charge in [-0.2, -0.15) is 0 Å². The molecular formula is C20H21FN2O2S. The van der Waals surface area contributed by atoms with Crippen molar-refractivity contribution in [3.8, 4) is 0 Å². The van der Waals surface area contributed by atoms with Crippen LogP contribution in [0.4, 0.5) is 4.39 Å². The van der Waals surface area contributed by atoms with Crippen LogP contribution in [0.15, 0.2) is 53.4 Å². The van der Waals surface area contributed by atoms with Crippen LogP contribution >= 0.6 is 11.8 Å². The fourth-order valence-corrected chi connectivity index (χ4v) is 3.45. The van der Waals surface area contributed by atoms with Gasteiger partial charge in [-0.3, -0.25) is 9.59 Å². The quantitative estimate of drug-likeness (QED) is 0.774. The van der Waals surface area contributed by atoms with Gasteiger partial charge in [0.2, 0.25) is 0 Å². The van der Waals surface area contributed by atoms with Gasteiger partial charge >= 0.3 is 0 Å². The normalized spacial score (nSPS) is 14.8. The van der Waals surface area contributed by atoms with E-state index in [0.29, 0.717) is 43.7 Å². The minimum Gasteiger partial charge on any atom is -0.337 e. The van der Waals surface area contributed by atoms with E-state index in [0.717, 1.165) is 4.90 Å². The van der Waals surface area contributed by atoms with E-state index in [4.69, 9.17) is 0 Å². The van der Waals surface area contributed by atoms with E-state index in [1.54, 1.807) is 27.6 Å². The van der Waals surface area contributed by atoms with Crippen LogP contribution in [0.3, 0.4) is 0 Å². The molecular weight excluding hydrogens is 351 g/mol. The van der Waals surface area contributed by atoms with Gasteiger partial charge in [0.05, 0.1) is 0 Å². The first-order valence-electron chi connectivity index (χ1n) is 8.56. The zero-order chi connectivity index (χ0) is 18.5. The lowest BCUT2D eigenvalue weighted by Gasteiger charge is -2.22. The number of benzene rings is 2. The molecule has 0 unspecified atom stereocenters. The number of hydrogen-bond donors (Lipinski definition) is 0. The number of hydrogen-bond acceptors (Lipinski definition) is 3. The van der Waals surface area contributed by atoms with Crippen LogP contribution in [0.2, 0.25) is 0 Å². The van der Waals surface area contributed by atoms with Gasteiger partial charge in [-0.25, -0.2) is 4.39 Å². The van der Waals surface area contributed by atoms with E-state index < -0.39 is 5.82 Å². The van der Waals surface area contributed by atoms with Gasteiger partial charge < -0.3 is 9.80 Å². The fraction of sp³-hybridized carbons (Fsp3) is 0.300. The molecule has 3 rings (SSSR count). The van der Waals surface area contributed by atoms with Crippen molar-refractivity contribution in [3.05, 3.63) is 65.5 Å². The number of halogens is 1. The van der Waals surface area contributed by atoms with Crippen LogP contribution in [-0.2, 0) is 0 Å². The van der Waals surface area contributed by atoms with E-state index in [-0.39, 0.29) is 11.8 Å². The summed E-state index contributed by atoms with van der Waals surface area (Å²) in [6, 6.07) is 13.3. The fourth-order valence-electron chi connectivity index (χ4n) is 3.04. The lowest BCUT2D eigenvalue weighted by molar-refractivity contribution is 0.0718. The molecule has 4 nitrogen and oxygen atoms in total. The third kappa shape index (κ3) is 4.25. The van der Waals surface area contributed by atoms with Gasteiger partial charge in [0.15, 0.2) is 0 Å². The molecule has 0 bridgehead atoms. The SMILES string of the molecule is CSc1ccc(C(=O)N2CCCN(C(=O)c3cccc(F)c3)CC2)cc1. The highest BCUT2D eigenvalue weighted by Crippen LogP contribution is 2.17. The Bertz CT molecular complexity index is 795. The summed E-state index contributed by atoms with van der Waals surface area (Å²) in [7, 11) is 0. The maximum absolute atomic E-state index is 13.4. The molecule has 1 aliphatic heterocycles. The number of thioether (sulfide) groups is 1. The molecule has 1 fully saturated rings. The maximum atomic E-state index is 13.4. The smallest absolute Gasteiger partial charge is 0.254 e. The molecule has 1 saturated heterocycles. The van der Waals surface area contributed by atoms with E-state index >= 15 is 0 Å². The van der Waals surface area contributed by atoms with E-state index in [1.165, 1.54) is 18.2 Å². The van der Waals surface area contributed by atoms with Crippen LogP contribution in [0.1, 0.15) is 27.1 Å². The van der Waals surface area contributed by atoms with Crippen molar-refractivity contribution in [2.24, 2.45) is 0 Å². The molecule has 0 atom stereocenters. The summed E-state index contributed by atoms with van der Waals surface area (Å²) < 4.78 is 13.4. The average Bonchev–Trinajstić information content (AvgIpc) is 2.93. The third-order valence-electron chi connectivity index (χ3n) is 4.48. The first-order chi connectivity index (χ1) is 12.6. The van der Waals surface area contributed by atoms with E-state index in [1.807, 2.05) is 30.5 Å². The Labute approximate surface area is 157 Å². The zero-order valence-corrected chi connectivity index (χ0v) is 15.5. The largest absolute Gasteiger partial charge is 0.337 e. The Morgan fingerprint density at radius 1 is 0.885 bits per heavy atom. The number of carbonyl (C=O) groups is 2. The summed E-state index contributed by atoms with van der Waals surface area (Å²) in [6.07, 6.45) is 2.70. The topological polar surface area (TPSA) is 40.6 Å². The Balaban J connectivity index is 1.65. The van der Waals surface area contributed by atoms with E-state index in [2.05, 4.69) is 0 Å². The summed E-state index contributed by atoms with van der Waals surface area (Å²) in [6.45, 7) is 2.09. The van der Waals surface area contributed by atoms with Crippen molar-refractivity contribution >= 4 is 23.6 Å². The Morgan fingerprint density at radius 2 is 1.50 bits per heavy atom. The molecule has 1 aliphatic rings. The molecule has 0 aliphatic carbocycles. The summed E-state index contributed by atoms with van der Waals surface area (Å²) in [5.41, 5.74) is 1.00. The maximum Gasteiger partial charge on any atom is 0.254 e. The molecule has 0 saturated carbocycles. The first kappa shape index (κ1) is 18.5. The van der Waals surface area contributed by atoms with Crippen molar-refractivity contribution < 1.29 is 14.0 Å². The molecule has 6 heteroatoms. The van der Waals surface area contributed by atoms with Crippen LogP contribution < -0.4 is 0 Å². The highest BCUT2D eigenvalue weighted by molar-refractivity contribution is 7.98. The molecule has 0 spiro atoms. The number of amides is 2. The van der Waals surface area contributed by atoms with Gasteiger partial charge in [0.25, 0.3) is 11.8 Å². The second-order valence-corrected chi connectivity index (χ2v) is 7.06. The first-order valence-corrected chi connectivity index (χ1v) is 9.79. The lowest BCUT2D eigenvalue weighted by Crippen LogP contribution is -2.37. The number of carbonyl (C=O) groups excluding carboxylic acids is 2. The Kier molecular flexibility index (Phi) is 5.93. The lowest BCUT2D eigenvalue weighted by atomic mass is 10.2. The molecule has 136 valence electrons. The average molecular weight is 372 g/mol. The van der Waals surface area contributed by atoms with Gasteiger partial charge in [-0.15, -0.1) is 11.8 Å². The Morgan fingerprint density at radius 3 is 2.08 bits per heavy atom. The van der Waals surface area contributed by atoms with Crippen LogP contribution in [0.5, 0.6) is 0 Å². The van der Waals surface area contributed by atoms with Crippen molar-refractivity contribution in [1.29, 1.82) is 0 Å². The Hall–Kier alpha value is -2.34. The number of rotatable bonds is 3. The third-order valence-corrected chi connectivity index (χ3v) is 5.22. The van der Waals surface area contributed by atoms with E-state index in [9.17, 15) is 14.0 Å². The van der Waals surface area contributed by atoms with Crippen molar-refractivity contribution in [3.63, 3.8) is 0 Å². The molecule has 2 amide bonds. The highest BCUT2D eigenvalue weighted by atomic mass is 32.2. The molecule has 1 heterocycles. The molecule has 2 aromatic rings. The van der Waals surface area contributed by atoms with Gasteiger partial charge in [0, 0.05) is 42.2 Å². The van der Waals surface area contributed by atoms with Crippen LogP contribution in [0, 0.1) is 5.82 Å². The van der Waals surface area contributed by atoms with Crippen molar-refractivity contribution in [1.82, 2.24) is 9.80 Å². The predicted octanol–water partition coefficient (Wildman–Crippen LogP) is 3.54. The minimum absolute atomic E-state index is 0.0160. The number of nitrogens with zero attached hydrogens (tertiary/aromatic N) is 2. The van der Waals surface area contributed by atoms with Crippen molar-refractivity contribution in [2.45, 2.75) is 11.3 Å². The van der Waals surface area contributed by atoms with Gasteiger partial charge in [-0.05, 0) is 55.1 Å². The molecule has 0 aromatic heterocycles.